The average Bonchev–Trinajstić information content (AvgIpc) is 3.44. The quantitative estimate of drug-likeness (QED) is 0.318. The number of anilines is 1. The van der Waals surface area contributed by atoms with Gasteiger partial charge in [0, 0.05) is 50.7 Å². The molecule has 3 heterocycles. The van der Waals surface area contributed by atoms with Gasteiger partial charge in [0.05, 0.1) is 5.02 Å². The Bertz CT molecular complexity index is 877. The van der Waals surface area contributed by atoms with Gasteiger partial charge in [0.1, 0.15) is 11.9 Å². The zero-order chi connectivity index (χ0) is 20.8. The smallest absolute Gasteiger partial charge is 0.218 e. The summed E-state index contributed by atoms with van der Waals surface area (Å²) in [7, 11) is 1.79. The maximum absolute atomic E-state index is 6.30. The number of hydrogen-bond acceptors (Lipinski definition) is 5. The molecule has 1 unspecified atom stereocenters. The van der Waals surface area contributed by atoms with Crippen LogP contribution in [0.25, 0.3) is 0 Å². The maximum atomic E-state index is 6.30. The summed E-state index contributed by atoms with van der Waals surface area (Å²) < 4.78 is 6.14. The van der Waals surface area contributed by atoms with Gasteiger partial charge in [0.15, 0.2) is 5.96 Å². The minimum Gasteiger partial charge on any atom is -0.474 e. The van der Waals surface area contributed by atoms with Crippen LogP contribution in [0.15, 0.2) is 41.7 Å². The van der Waals surface area contributed by atoms with E-state index in [1.165, 1.54) is 12.8 Å². The molecule has 0 radical (unpaired) electrons. The van der Waals surface area contributed by atoms with Crippen LogP contribution in [0.5, 0.6) is 5.88 Å². The molecule has 0 spiro atoms. The molecule has 1 saturated carbocycles. The molecule has 168 valence electrons. The van der Waals surface area contributed by atoms with Gasteiger partial charge in [-0.05, 0) is 50.3 Å². The molecular weight excluding hydrogens is 527 g/mol. The number of ether oxygens (including phenoxy) is 1. The first-order valence-corrected chi connectivity index (χ1v) is 11.0. The van der Waals surface area contributed by atoms with Crippen LogP contribution in [0.2, 0.25) is 5.02 Å². The molecule has 0 amide bonds. The van der Waals surface area contributed by atoms with Gasteiger partial charge < -0.3 is 20.3 Å². The minimum atomic E-state index is 0. The first kappa shape index (κ1) is 23.8. The van der Waals surface area contributed by atoms with Crippen molar-refractivity contribution in [3.8, 4) is 5.88 Å². The molecule has 2 aromatic rings. The normalized spacial score (nSPS) is 19.2. The van der Waals surface area contributed by atoms with E-state index in [0.29, 0.717) is 17.7 Å². The molecule has 0 bridgehead atoms. The molecule has 2 aliphatic rings. The maximum Gasteiger partial charge on any atom is 0.218 e. The van der Waals surface area contributed by atoms with Crippen molar-refractivity contribution in [3.05, 3.63) is 47.2 Å². The van der Waals surface area contributed by atoms with Crippen molar-refractivity contribution in [2.45, 2.75) is 50.8 Å². The lowest BCUT2D eigenvalue weighted by molar-refractivity contribution is 0.199. The van der Waals surface area contributed by atoms with Crippen LogP contribution in [0.4, 0.5) is 5.82 Å². The Kier molecular flexibility index (Phi) is 9.01. The molecule has 1 aliphatic carbocycles. The summed E-state index contributed by atoms with van der Waals surface area (Å²) in [5, 5.41) is 7.60. The average molecular weight is 557 g/mol. The van der Waals surface area contributed by atoms with Gasteiger partial charge in [0.2, 0.25) is 5.88 Å². The van der Waals surface area contributed by atoms with Gasteiger partial charge in [-0.3, -0.25) is 4.99 Å². The molecule has 0 aromatic carbocycles. The fourth-order valence-corrected chi connectivity index (χ4v) is 4.32. The predicted molar refractivity (Wildman–Crippen MR) is 136 cm³/mol. The highest BCUT2D eigenvalue weighted by molar-refractivity contribution is 14.0. The second-order valence-electron chi connectivity index (χ2n) is 7.80. The van der Waals surface area contributed by atoms with Crippen molar-refractivity contribution in [1.82, 2.24) is 20.6 Å². The van der Waals surface area contributed by atoms with Crippen LogP contribution in [-0.4, -0.2) is 48.2 Å². The third kappa shape index (κ3) is 6.35. The van der Waals surface area contributed by atoms with E-state index < -0.39 is 0 Å². The standard InChI is InChI=1S/C22H29ClN6O.HI/c1-24-22(28-17-10-13-29(15-17)20-19(23)9-5-11-25-20)27-14-16-6-4-12-26-21(16)30-18-7-2-3-8-18;/h4-6,9,11-12,17-18H,2-3,7-8,10,13-15H2,1H3,(H2,24,27,28);1H. The van der Waals surface area contributed by atoms with Gasteiger partial charge in [-0.25, -0.2) is 9.97 Å². The third-order valence-electron chi connectivity index (χ3n) is 5.67. The van der Waals surface area contributed by atoms with Crippen molar-refractivity contribution >= 4 is 47.4 Å². The lowest BCUT2D eigenvalue weighted by atomic mass is 10.2. The number of guanidine groups is 1. The van der Waals surface area contributed by atoms with Crippen LogP contribution in [0, 0.1) is 0 Å². The largest absolute Gasteiger partial charge is 0.474 e. The van der Waals surface area contributed by atoms with Crippen LogP contribution < -0.4 is 20.3 Å². The zero-order valence-electron chi connectivity index (χ0n) is 17.8. The van der Waals surface area contributed by atoms with Crippen LogP contribution in [-0.2, 0) is 6.54 Å². The number of pyridine rings is 2. The SMILES string of the molecule is CN=C(NCc1cccnc1OC1CCCC1)NC1CCN(c2ncccc2Cl)C1.I. The molecule has 2 fully saturated rings. The fourth-order valence-electron chi connectivity index (χ4n) is 4.08. The lowest BCUT2D eigenvalue weighted by Gasteiger charge is -2.21. The van der Waals surface area contributed by atoms with Gasteiger partial charge in [-0.2, -0.15) is 0 Å². The molecule has 2 N–H and O–H groups in total. The van der Waals surface area contributed by atoms with E-state index in [-0.39, 0.29) is 30.0 Å². The number of nitrogens with one attached hydrogen (secondary N) is 2. The zero-order valence-corrected chi connectivity index (χ0v) is 20.8. The summed E-state index contributed by atoms with van der Waals surface area (Å²) in [6, 6.07) is 8.01. The number of hydrogen-bond donors (Lipinski definition) is 2. The van der Waals surface area contributed by atoms with Crippen molar-refractivity contribution < 1.29 is 4.74 Å². The Morgan fingerprint density at radius 2 is 1.97 bits per heavy atom. The molecular formula is C22H30ClIN6O. The lowest BCUT2D eigenvalue weighted by Crippen LogP contribution is -2.44. The molecule has 9 heteroatoms. The van der Waals surface area contributed by atoms with Crippen LogP contribution in [0.1, 0.15) is 37.7 Å². The van der Waals surface area contributed by atoms with Crippen molar-refractivity contribution in [2.75, 3.05) is 25.0 Å². The van der Waals surface area contributed by atoms with E-state index in [0.717, 1.165) is 55.6 Å². The number of rotatable bonds is 6. The van der Waals surface area contributed by atoms with Crippen LogP contribution >= 0.6 is 35.6 Å². The highest BCUT2D eigenvalue weighted by atomic mass is 127. The van der Waals surface area contributed by atoms with E-state index in [9.17, 15) is 0 Å². The number of nitrogens with zero attached hydrogens (tertiary/aromatic N) is 4. The summed E-state index contributed by atoms with van der Waals surface area (Å²) in [6.45, 7) is 2.35. The first-order valence-electron chi connectivity index (χ1n) is 10.7. The fraction of sp³-hybridized carbons (Fsp3) is 0.500. The first-order chi connectivity index (χ1) is 14.7. The monoisotopic (exact) mass is 556 g/mol. The van der Waals surface area contributed by atoms with Crippen LogP contribution in [0.3, 0.4) is 0 Å². The topological polar surface area (TPSA) is 74.7 Å². The predicted octanol–water partition coefficient (Wildman–Crippen LogP) is 4.01. The summed E-state index contributed by atoms with van der Waals surface area (Å²) in [5.74, 6) is 2.34. The summed E-state index contributed by atoms with van der Waals surface area (Å²) in [4.78, 5) is 15.5. The van der Waals surface area contributed by atoms with E-state index in [4.69, 9.17) is 16.3 Å². The van der Waals surface area contributed by atoms with Crippen molar-refractivity contribution in [3.63, 3.8) is 0 Å². The molecule has 1 atom stereocenters. The second-order valence-corrected chi connectivity index (χ2v) is 8.21. The summed E-state index contributed by atoms with van der Waals surface area (Å²) in [6.07, 6.45) is 9.57. The summed E-state index contributed by atoms with van der Waals surface area (Å²) in [5.41, 5.74) is 1.04. The third-order valence-corrected chi connectivity index (χ3v) is 5.96. The number of aromatic nitrogens is 2. The Labute approximate surface area is 206 Å². The van der Waals surface area contributed by atoms with Gasteiger partial charge >= 0.3 is 0 Å². The molecule has 2 aromatic heterocycles. The molecule has 1 saturated heterocycles. The van der Waals surface area contributed by atoms with Gasteiger partial charge in [-0.1, -0.05) is 17.7 Å². The number of aliphatic imine (C=N–C) groups is 1. The van der Waals surface area contributed by atoms with E-state index in [1.807, 2.05) is 18.2 Å². The Balaban J connectivity index is 0.00000272. The molecule has 4 rings (SSSR count). The van der Waals surface area contributed by atoms with Crippen molar-refractivity contribution in [2.24, 2.45) is 4.99 Å². The highest BCUT2D eigenvalue weighted by Gasteiger charge is 2.25. The Hall–Kier alpha value is -1.81. The summed E-state index contributed by atoms with van der Waals surface area (Å²) >= 11 is 6.30. The molecule has 31 heavy (non-hydrogen) atoms. The Morgan fingerprint density at radius 1 is 1.19 bits per heavy atom. The highest BCUT2D eigenvalue weighted by Crippen LogP contribution is 2.26. The van der Waals surface area contributed by atoms with E-state index in [1.54, 1.807) is 19.4 Å². The second kappa shape index (κ2) is 11.7. The minimum absolute atomic E-state index is 0. The molecule has 7 nitrogen and oxygen atoms in total. The Morgan fingerprint density at radius 3 is 2.74 bits per heavy atom. The van der Waals surface area contributed by atoms with Gasteiger partial charge in [-0.15, -0.1) is 24.0 Å². The molecule has 1 aliphatic heterocycles. The number of halogens is 2. The van der Waals surface area contributed by atoms with Gasteiger partial charge in [0.25, 0.3) is 0 Å². The van der Waals surface area contributed by atoms with Crippen molar-refractivity contribution in [1.29, 1.82) is 0 Å². The van der Waals surface area contributed by atoms with E-state index >= 15 is 0 Å². The van der Waals surface area contributed by atoms with E-state index in [2.05, 4.69) is 36.6 Å².